The van der Waals surface area contributed by atoms with Gasteiger partial charge in [-0.1, -0.05) is 24.3 Å². The minimum absolute atomic E-state index is 0.115. The topological polar surface area (TPSA) is 61.8 Å². The summed E-state index contributed by atoms with van der Waals surface area (Å²) in [6.07, 6.45) is 0.439. The van der Waals surface area contributed by atoms with Crippen molar-refractivity contribution in [3.05, 3.63) is 82.3 Å². The van der Waals surface area contributed by atoms with Gasteiger partial charge in [0.2, 0.25) is 0 Å². The molecular weight excluding hydrogens is 380 g/mol. The number of methoxy groups -OCH3 is 2. The Bertz CT molecular complexity index is 1010. The van der Waals surface area contributed by atoms with E-state index in [0.29, 0.717) is 34.8 Å². The first-order valence-electron chi connectivity index (χ1n) is 9.76. The molecule has 0 saturated heterocycles. The largest absolute Gasteiger partial charge is 0.497 e. The molecular formula is C25H26O5. The van der Waals surface area contributed by atoms with E-state index >= 15 is 0 Å². The first-order valence-corrected chi connectivity index (χ1v) is 9.76. The zero-order valence-corrected chi connectivity index (χ0v) is 17.9. The van der Waals surface area contributed by atoms with Crippen LogP contribution in [0.4, 0.5) is 0 Å². The van der Waals surface area contributed by atoms with Crippen LogP contribution in [-0.4, -0.2) is 25.8 Å². The van der Waals surface area contributed by atoms with Crippen LogP contribution < -0.4 is 9.47 Å². The van der Waals surface area contributed by atoms with Gasteiger partial charge in [-0.15, -0.1) is 0 Å². The summed E-state index contributed by atoms with van der Waals surface area (Å²) in [6, 6.07) is 15.1. The third-order valence-corrected chi connectivity index (χ3v) is 5.26. The number of Topliss-reactive ketones (excluding diaryl/α,β-unsaturated/α-hetero) is 2. The molecule has 1 unspecified atom stereocenters. The molecule has 5 heteroatoms. The van der Waals surface area contributed by atoms with Crippen LogP contribution in [-0.2, 0) is 20.7 Å². The molecule has 1 heterocycles. The quantitative estimate of drug-likeness (QED) is 0.663. The number of hydrogen-bond acceptors (Lipinski definition) is 5. The number of carbonyl (C=O) groups is 2. The minimum atomic E-state index is -0.479. The first-order chi connectivity index (χ1) is 14.3. The van der Waals surface area contributed by atoms with Crippen LogP contribution in [0.2, 0.25) is 0 Å². The molecule has 0 aromatic heterocycles. The molecule has 156 valence electrons. The van der Waals surface area contributed by atoms with Gasteiger partial charge in [-0.05, 0) is 56.2 Å². The van der Waals surface area contributed by atoms with Crippen molar-refractivity contribution in [1.29, 1.82) is 0 Å². The molecule has 5 nitrogen and oxygen atoms in total. The predicted octanol–water partition coefficient (Wildman–Crippen LogP) is 4.77. The van der Waals surface area contributed by atoms with Crippen LogP contribution in [0, 0.1) is 0 Å². The van der Waals surface area contributed by atoms with E-state index in [1.165, 1.54) is 13.8 Å². The van der Waals surface area contributed by atoms with Gasteiger partial charge in [-0.3, -0.25) is 9.59 Å². The smallest absolute Gasteiger partial charge is 0.160 e. The van der Waals surface area contributed by atoms with Crippen molar-refractivity contribution in [2.24, 2.45) is 0 Å². The van der Waals surface area contributed by atoms with Gasteiger partial charge in [-0.25, -0.2) is 0 Å². The van der Waals surface area contributed by atoms with Gasteiger partial charge < -0.3 is 14.2 Å². The molecule has 0 amide bonds. The number of ether oxygens (including phenoxy) is 3. The summed E-state index contributed by atoms with van der Waals surface area (Å²) in [7, 11) is 3.22. The Labute approximate surface area is 177 Å². The highest BCUT2D eigenvalue weighted by Crippen LogP contribution is 2.42. The fraction of sp³-hybridized carbons (Fsp3) is 0.280. The van der Waals surface area contributed by atoms with Crippen molar-refractivity contribution in [1.82, 2.24) is 0 Å². The second-order valence-corrected chi connectivity index (χ2v) is 7.25. The highest BCUT2D eigenvalue weighted by atomic mass is 16.5. The van der Waals surface area contributed by atoms with Crippen LogP contribution in [0.5, 0.6) is 11.5 Å². The maximum absolute atomic E-state index is 12.8. The second-order valence-electron chi connectivity index (χ2n) is 7.25. The monoisotopic (exact) mass is 406 g/mol. The summed E-state index contributed by atoms with van der Waals surface area (Å²) >= 11 is 0. The third kappa shape index (κ3) is 4.30. The van der Waals surface area contributed by atoms with Gasteiger partial charge in [0.15, 0.2) is 11.6 Å². The predicted molar refractivity (Wildman–Crippen MR) is 115 cm³/mol. The van der Waals surface area contributed by atoms with E-state index in [-0.39, 0.29) is 11.6 Å². The molecule has 0 saturated carbocycles. The highest BCUT2D eigenvalue weighted by molar-refractivity contribution is 6.03. The van der Waals surface area contributed by atoms with Gasteiger partial charge in [0.05, 0.1) is 14.2 Å². The van der Waals surface area contributed by atoms with E-state index in [0.717, 1.165) is 16.9 Å². The lowest BCUT2D eigenvalue weighted by Gasteiger charge is -2.30. The molecule has 0 bridgehead atoms. The Kier molecular flexibility index (Phi) is 6.40. The molecule has 0 spiro atoms. The number of hydrogen-bond donors (Lipinski definition) is 0. The van der Waals surface area contributed by atoms with Crippen molar-refractivity contribution in [3.8, 4) is 11.5 Å². The Morgan fingerprint density at radius 2 is 1.33 bits per heavy atom. The Morgan fingerprint density at radius 3 is 1.80 bits per heavy atom. The lowest BCUT2D eigenvalue weighted by Crippen LogP contribution is -2.25. The zero-order chi connectivity index (χ0) is 21.8. The summed E-state index contributed by atoms with van der Waals surface area (Å²) < 4.78 is 16.5. The molecule has 0 fully saturated rings. The number of allylic oxidation sites excluding steroid dienone is 4. The van der Waals surface area contributed by atoms with E-state index in [4.69, 9.17) is 14.2 Å². The Hall–Kier alpha value is -3.34. The van der Waals surface area contributed by atoms with Gasteiger partial charge in [-0.2, -0.15) is 0 Å². The number of ketones is 2. The molecule has 0 radical (unpaired) electrons. The van der Waals surface area contributed by atoms with Crippen molar-refractivity contribution < 1.29 is 23.8 Å². The van der Waals surface area contributed by atoms with Gasteiger partial charge in [0, 0.05) is 23.5 Å². The summed E-state index contributed by atoms with van der Waals surface area (Å²) in [6.45, 7) is 4.80. The first kappa shape index (κ1) is 21.4. The van der Waals surface area contributed by atoms with Crippen LogP contribution in [0.25, 0.3) is 0 Å². The lowest BCUT2D eigenvalue weighted by molar-refractivity contribution is -0.114. The molecule has 3 rings (SSSR count). The summed E-state index contributed by atoms with van der Waals surface area (Å²) in [5.74, 6) is 1.85. The third-order valence-electron chi connectivity index (χ3n) is 5.26. The molecule has 0 N–H and O–H groups in total. The molecule has 1 aliphatic heterocycles. The molecule has 1 atom stereocenters. The maximum atomic E-state index is 12.8. The van der Waals surface area contributed by atoms with Crippen molar-refractivity contribution in [2.75, 3.05) is 14.2 Å². The maximum Gasteiger partial charge on any atom is 0.160 e. The standard InChI is InChI=1S/C25H26O5/c1-15(26)23-17(3)30-22(14-18-6-10-20(28-4)11-7-18)24(16(2)27)25(23)19-8-12-21(29-5)13-9-19/h6-13,25H,14H2,1-5H3. The van der Waals surface area contributed by atoms with E-state index in [9.17, 15) is 9.59 Å². The number of rotatable bonds is 7. The summed E-state index contributed by atoms with van der Waals surface area (Å²) in [5, 5.41) is 0. The fourth-order valence-electron chi connectivity index (χ4n) is 3.84. The molecule has 1 aliphatic rings. The fourth-order valence-corrected chi connectivity index (χ4v) is 3.84. The van der Waals surface area contributed by atoms with E-state index in [2.05, 4.69) is 0 Å². The number of carbonyl (C=O) groups excluding carboxylic acids is 2. The van der Waals surface area contributed by atoms with E-state index in [1.807, 2.05) is 48.5 Å². The molecule has 2 aromatic rings. The van der Waals surface area contributed by atoms with Crippen LogP contribution in [0.3, 0.4) is 0 Å². The van der Waals surface area contributed by atoms with Gasteiger partial charge in [0.1, 0.15) is 23.0 Å². The SMILES string of the molecule is COc1ccc(CC2=C(C(C)=O)C(c3ccc(OC)cc3)C(C(C)=O)=C(C)O2)cc1. The average molecular weight is 406 g/mol. The van der Waals surface area contributed by atoms with Crippen LogP contribution in [0.15, 0.2) is 71.2 Å². The van der Waals surface area contributed by atoms with Gasteiger partial charge >= 0.3 is 0 Å². The molecule has 0 aliphatic carbocycles. The molecule has 2 aromatic carbocycles. The highest BCUT2D eigenvalue weighted by Gasteiger charge is 2.36. The van der Waals surface area contributed by atoms with E-state index < -0.39 is 5.92 Å². The Morgan fingerprint density at radius 1 is 0.833 bits per heavy atom. The molecule has 30 heavy (non-hydrogen) atoms. The lowest BCUT2D eigenvalue weighted by atomic mass is 9.78. The minimum Gasteiger partial charge on any atom is -0.497 e. The summed E-state index contributed by atoms with van der Waals surface area (Å²) in [4.78, 5) is 25.3. The van der Waals surface area contributed by atoms with Gasteiger partial charge in [0.25, 0.3) is 0 Å². The normalized spacial score (nSPS) is 16.2. The second kappa shape index (κ2) is 8.99. The number of benzene rings is 2. The van der Waals surface area contributed by atoms with Crippen LogP contribution >= 0.6 is 0 Å². The average Bonchev–Trinajstić information content (AvgIpc) is 2.73. The van der Waals surface area contributed by atoms with E-state index in [1.54, 1.807) is 21.1 Å². The zero-order valence-electron chi connectivity index (χ0n) is 17.9. The van der Waals surface area contributed by atoms with Crippen molar-refractivity contribution in [2.45, 2.75) is 33.1 Å². The summed E-state index contributed by atoms with van der Waals surface area (Å²) in [5.41, 5.74) is 2.84. The Balaban J connectivity index is 2.11. The van der Waals surface area contributed by atoms with Crippen molar-refractivity contribution in [3.63, 3.8) is 0 Å². The van der Waals surface area contributed by atoms with Crippen LogP contribution in [0.1, 0.15) is 37.8 Å². The van der Waals surface area contributed by atoms with Crippen molar-refractivity contribution >= 4 is 11.6 Å².